The standard InChI is InChI=1S/C50H33NS/c1-3-14-34(15-4-1)36-26-28-37(29-27-36)49-44-23-9-7-20-41(44)42-21-8-10-24-45(42)50(49)51(39-19-13-18-38(32-39)35-16-5-2-6-17-35)40-30-31-48-46(33-40)43-22-11-12-25-47(43)52-48/h1-33H. The number of hydrogen-bond donors (Lipinski definition) is 0. The second-order valence-corrected chi connectivity index (χ2v) is 14.4. The summed E-state index contributed by atoms with van der Waals surface area (Å²) in [5.41, 5.74) is 10.6. The van der Waals surface area contributed by atoms with Crippen LogP contribution in [0.5, 0.6) is 0 Å². The molecule has 0 unspecified atom stereocenters. The average molecular weight is 680 g/mol. The number of anilines is 3. The summed E-state index contributed by atoms with van der Waals surface area (Å²) in [7, 11) is 0. The van der Waals surface area contributed by atoms with Crippen LogP contribution in [0.25, 0.3) is 75.1 Å². The third-order valence-corrected chi connectivity index (χ3v) is 11.4. The Morgan fingerprint density at radius 1 is 0.288 bits per heavy atom. The third kappa shape index (κ3) is 5.16. The van der Waals surface area contributed by atoms with Crippen molar-refractivity contribution in [3.63, 3.8) is 0 Å². The molecule has 0 N–H and O–H groups in total. The first kappa shape index (κ1) is 30.4. The Balaban J connectivity index is 1.30. The Morgan fingerprint density at radius 2 is 0.788 bits per heavy atom. The first-order chi connectivity index (χ1) is 25.8. The van der Waals surface area contributed by atoms with Gasteiger partial charge in [-0.1, -0.05) is 164 Å². The van der Waals surface area contributed by atoms with E-state index in [1.54, 1.807) is 0 Å². The van der Waals surface area contributed by atoms with E-state index in [-0.39, 0.29) is 0 Å². The molecule has 1 aromatic heterocycles. The zero-order chi connectivity index (χ0) is 34.4. The van der Waals surface area contributed by atoms with Crippen LogP contribution >= 0.6 is 11.3 Å². The Hall–Kier alpha value is -6.48. The molecule has 10 rings (SSSR count). The quantitative estimate of drug-likeness (QED) is 0.158. The summed E-state index contributed by atoms with van der Waals surface area (Å²) in [4.78, 5) is 2.51. The van der Waals surface area contributed by atoms with Gasteiger partial charge in [0.1, 0.15) is 0 Å². The van der Waals surface area contributed by atoms with Gasteiger partial charge in [0.05, 0.1) is 5.69 Å². The van der Waals surface area contributed by atoms with E-state index in [0.29, 0.717) is 0 Å². The van der Waals surface area contributed by atoms with Crippen molar-refractivity contribution in [1.29, 1.82) is 0 Å². The summed E-state index contributed by atoms with van der Waals surface area (Å²) < 4.78 is 2.60. The predicted molar refractivity (Wildman–Crippen MR) is 225 cm³/mol. The van der Waals surface area contributed by atoms with Crippen molar-refractivity contribution >= 4 is 70.1 Å². The first-order valence-electron chi connectivity index (χ1n) is 17.8. The largest absolute Gasteiger partial charge is 0.309 e. The Morgan fingerprint density at radius 3 is 1.52 bits per heavy atom. The van der Waals surface area contributed by atoms with Gasteiger partial charge in [0.15, 0.2) is 0 Å². The second-order valence-electron chi connectivity index (χ2n) is 13.3. The summed E-state index contributed by atoms with van der Waals surface area (Å²) in [6.45, 7) is 0. The van der Waals surface area contributed by atoms with Crippen molar-refractivity contribution in [3.05, 3.63) is 200 Å². The average Bonchev–Trinajstić information content (AvgIpc) is 3.60. The molecule has 0 aliphatic carbocycles. The number of rotatable bonds is 6. The van der Waals surface area contributed by atoms with Gasteiger partial charge in [-0.2, -0.15) is 0 Å². The zero-order valence-electron chi connectivity index (χ0n) is 28.4. The van der Waals surface area contributed by atoms with Crippen molar-refractivity contribution < 1.29 is 0 Å². The van der Waals surface area contributed by atoms with Gasteiger partial charge in [0, 0.05) is 42.5 Å². The highest BCUT2D eigenvalue weighted by Crippen LogP contribution is 2.50. The summed E-state index contributed by atoms with van der Waals surface area (Å²) in [5.74, 6) is 0. The van der Waals surface area contributed by atoms with Gasteiger partial charge in [-0.25, -0.2) is 0 Å². The van der Waals surface area contributed by atoms with Gasteiger partial charge >= 0.3 is 0 Å². The molecule has 0 saturated heterocycles. The lowest BCUT2D eigenvalue weighted by Gasteiger charge is -2.31. The Kier molecular flexibility index (Phi) is 7.41. The van der Waals surface area contributed by atoms with Crippen molar-refractivity contribution in [1.82, 2.24) is 0 Å². The van der Waals surface area contributed by atoms with Crippen LogP contribution in [0.1, 0.15) is 0 Å². The highest BCUT2D eigenvalue weighted by Gasteiger charge is 2.24. The van der Waals surface area contributed by atoms with Gasteiger partial charge < -0.3 is 4.90 Å². The molecule has 0 bridgehead atoms. The van der Waals surface area contributed by atoms with E-state index in [0.717, 1.165) is 11.4 Å². The first-order valence-corrected chi connectivity index (χ1v) is 18.6. The minimum absolute atomic E-state index is 1.11. The topological polar surface area (TPSA) is 3.24 Å². The van der Waals surface area contributed by atoms with Gasteiger partial charge in [0.25, 0.3) is 0 Å². The molecule has 0 aliphatic heterocycles. The zero-order valence-corrected chi connectivity index (χ0v) is 29.2. The molecule has 0 aliphatic rings. The lowest BCUT2D eigenvalue weighted by Crippen LogP contribution is -2.12. The number of hydrogen-bond acceptors (Lipinski definition) is 2. The molecule has 0 amide bonds. The van der Waals surface area contributed by atoms with Gasteiger partial charge in [-0.3, -0.25) is 0 Å². The minimum Gasteiger partial charge on any atom is -0.309 e. The number of thiophene rings is 1. The lowest BCUT2D eigenvalue weighted by molar-refractivity contribution is 1.31. The lowest BCUT2D eigenvalue weighted by atomic mass is 9.89. The van der Waals surface area contributed by atoms with Crippen molar-refractivity contribution in [2.75, 3.05) is 4.90 Å². The van der Waals surface area contributed by atoms with E-state index in [1.165, 1.54) is 80.8 Å². The molecule has 10 aromatic rings. The highest BCUT2D eigenvalue weighted by molar-refractivity contribution is 7.25. The second kappa shape index (κ2) is 12.7. The molecule has 9 aromatic carbocycles. The Bertz CT molecular complexity index is 2890. The summed E-state index contributed by atoms with van der Waals surface area (Å²) >= 11 is 1.86. The molecular formula is C50H33NS. The van der Waals surface area contributed by atoms with E-state index in [1.807, 2.05) is 11.3 Å². The van der Waals surface area contributed by atoms with E-state index in [9.17, 15) is 0 Å². The summed E-state index contributed by atoms with van der Waals surface area (Å²) in [5, 5.41) is 7.51. The molecule has 0 saturated carbocycles. The van der Waals surface area contributed by atoms with E-state index in [2.05, 4.69) is 205 Å². The number of benzene rings is 9. The molecule has 244 valence electrons. The smallest absolute Gasteiger partial charge is 0.0624 e. The molecule has 0 spiro atoms. The van der Waals surface area contributed by atoms with E-state index >= 15 is 0 Å². The molecular weight excluding hydrogens is 647 g/mol. The normalized spacial score (nSPS) is 11.5. The molecule has 52 heavy (non-hydrogen) atoms. The van der Waals surface area contributed by atoms with Crippen LogP contribution < -0.4 is 4.90 Å². The number of nitrogens with zero attached hydrogens (tertiary/aromatic N) is 1. The van der Waals surface area contributed by atoms with Crippen molar-refractivity contribution in [2.45, 2.75) is 0 Å². The highest BCUT2D eigenvalue weighted by atomic mass is 32.1. The van der Waals surface area contributed by atoms with Crippen LogP contribution in [0.4, 0.5) is 17.1 Å². The van der Waals surface area contributed by atoms with Gasteiger partial charge in [-0.05, 0) is 80.4 Å². The Labute approximate surface area is 307 Å². The minimum atomic E-state index is 1.11. The molecule has 1 heterocycles. The van der Waals surface area contributed by atoms with Crippen LogP contribution in [-0.2, 0) is 0 Å². The molecule has 0 fully saturated rings. The van der Waals surface area contributed by atoms with Crippen LogP contribution in [0, 0.1) is 0 Å². The van der Waals surface area contributed by atoms with Crippen LogP contribution in [-0.4, -0.2) is 0 Å². The summed E-state index contributed by atoms with van der Waals surface area (Å²) in [6, 6.07) is 73.1. The maximum atomic E-state index is 2.51. The van der Waals surface area contributed by atoms with Crippen LogP contribution in [0.3, 0.4) is 0 Å². The number of fused-ring (bicyclic) bond motifs is 6. The predicted octanol–water partition coefficient (Wildman–Crippen LogP) is 14.8. The van der Waals surface area contributed by atoms with Crippen molar-refractivity contribution in [2.24, 2.45) is 0 Å². The fraction of sp³-hybridized carbons (Fsp3) is 0. The van der Waals surface area contributed by atoms with Crippen LogP contribution in [0.15, 0.2) is 200 Å². The molecule has 0 radical (unpaired) electrons. The fourth-order valence-electron chi connectivity index (χ4n) is 7.82. The molecule has 1 nitrogen and oxygen atoms in total. The van der Waals surface area contributed by atoms with Gasteiger partial charge in [-0.15, -0.1) is 11.3 Å². The summed E-state index contributed by atoms with van der Waals surface area (Å²) in [6.07, 6.45) is 0. The maximum Gasteiger partial charge on any atom is 0.0624 e. The fourth-order valence-corrected chi connectivity index (χ4v) is 8.91. The molecule has 0 atom stereocenters. The van der Waals surface area contributed by atoms with E-state index in [4.69, 9.17) is 0 Å². The monoisotopic (exact) mass is 679 g/mol. The SMILES string of the molecule is c1ccc(-c2ccc(-c3c(N(c4cccc(-c5ccccc5)c4)c4ccc5sc6ccccc6c5c4)c4ccccc4c4ccccc34)cc2)cc1. The van der Waals surface area contributed by atoms with Gasteiger partial charge in [0.2, 0.25) is 0 Å². The third-order valence-electron chi connectivity index (χ3n) is 10.2. The maximum absolute atomic E-state index is 2.51. The molecule has 2 heteroatoms. The van der Waals surface area contributed by atoms with E-state index < -0.39 is 0 Å². The van der Waals surface area contributed by atoms with Crippen molar-refractivity contribution in [3.8, 4) is 33.4 Å². The van der Waals surface area contributed by atoms with Crippen LogP contribution in [0.2, 0.25) is 0 Å².